The minimum Gasteiger partial charge on any atom is -0.496 e. The Balaban J connectivity index is 1.93. The lowest BCUT2D eigenvalue weighted by Crippen LogP contribution is -2.07. The number of rotatable bonds is 4. The predicted molar refractivity (Wildman–Crippen MR) is 84.8 cm³/mol. The minimum absolute atomic E-state index is 0.112. The van der Waals surface area contributed by atoms with Gasteiger partial charge in [-0.2, -0.15) is 0 Å². The molecule has 0 saturated heterocycles. The molecular formula is C15H12BrNO2S. The zero-order valence-corrected chi connectivity index (χ0v) is 13.2. The smallest absolute Gasteiger partial charge is 0.192 e. The molecule has 3 aromatic rings. The third-order valence-electron chi connectivity index (χ3n) is 3.16. The summed E-state index contributed by atoms with van der Waals surface area (Å²) in [6, 6.07) is 11.6. The van der Waals surface area contributed by atoms with Crippen molar-refractivity contribution in [1.82, 2.24) is 4.57 Å². The number of carbonyl (C=O) groups excluding carboxylic acids is 1. The summed E-state index contributed by atoms with van der Waals surface area (Å²) >= 11 is 4.84. The van der Waals surface area contributed by atoms with Crippen LogP contribution in [0.1, 0.15) is 9.67 Å². The number of aromatic nitrogens is 1. The predicted octanol–water partition coefficient (Wildman–Crippen LogP) is 4.36. The number of fused-ring (bicyclic) bond motifs is 1. The van der Waals surface area contributed by atoms with Gasteiger partial charge in [-0.3, -0.25) is 4.79 Å². The van der Waals surface area contributed by atoms with E-state index in [1.165, 1.54) is 11.3 Å². The van der Waals surface area contributed by atoms with Crippen LogP contribution in [0.3, 0.4) is 0 Å². The molecule has 0 atom stereocenters. The Labute approximate surface area is 128 Å². The number of thiophene rings is 1. The van der Waals surface area contributed by atoms with Crippen molar-refractivity contribution >= 4 is 44.0 Å². The summed E-state index contributed by atoms with van der Waals surface area (Å²) in [4.78, 5) is 13.0. The standard InChI is InChI=1S/C15H12BrNO2S/c1-19-13-4-2-3-11-10(13)7-8-17(11)9-12(18)14-5-6-15(16)20-14/h2-8H,9H2,1H3. The van der Waals surface area contributed by atoms with Gasteiger partial charge in [0.15, 0.2) is 5.78 Å². The minimum atomic E-state index is 0.112. The van der Waals surface area contributed by atoms with E-state index in [0.717, 1.165) is 25.3 Å². The van der Waals surface area contributed by atoms with Crippen molar-refractivity contribution in [1.29, 1.82) is 0 Å². The summed E-state index contributed by atoms with van der Waals surface area (Å²) in [5.41, 5.74) is 1.01. The second-order valence-corrected chi connectivity index (χ2v) is 6.83. The molecule has 2 aromatic heterocycles. The Bertz CT molecular complexity index is 775. The molecule has 0 bridgehead atoms. The molecular weight excluding hydrogens is 338 g/mol. The van der Waals surface area contributed by atoms with Crippen LogP contribution in [0, 0.1) is 0 Å². The highest BCUT2D eigenvalue weighted by molar-refractivity contribution is 9.11. The van der Waals surface area contributed by atoms with Gasteiger partial charge in [-0.05, 0) is 46.3 Å². The third kappa shape index (κ3) is 2.39. The van der Waals surface area contributed by atoms with E-state index in [9.17, 15) is 4.79 Å². The summed E-state index contributed by atoms with van der Waals surface area (Å²) in [6.45, 7) is 0.337. The maximum Gasteiger partial charge on any atom is 0.192 e. The Hall–Kier alpha value is -1.59. The van der Waals surface area contributed by atoms with Crippen molar-refractivity contribution in [2.24, 2.45) is 0 Å². The first kappa shape index (κ1) is 13.4. The van der Waals surface area contributed by atoms with Crippen LogP contribution < -0.4 is 4.74 Å². The molecule has 0 amide bonds. The Kier molecular flexibility index (Phi) is 3.63. The van der Waals surface area contributed by atoms with Crippen molar-refractivity contribution in [3.05, 3.63) is 51.3 Å². The van der Waals surface area contributed by atoms with E-state index in [1.807, 2.05) is 47.2 Å². The van der Waals surface area contributed by atoms with E-state index in [1.54, 1.807) is 7.11 Å². The third-order valence-corrected chi connectivity index (χ3v) is 4.82. The van der Waals surface area contributed by atoms with E-state index in [2.05, 4.69) is 15.9 Å². The van der Waals surface area contributed by atoms with Gasteiger partial charge in [-0.15, -0.1) is 11.3 Å². The monoisotopic (exact) mass is 349 g/mol. The molecule has 1 aromatic carbocycles. The van der Waals surface area contributed by atoms with Crippen LogP contribution in [0.15, 0.2) is 46.4 Å². The van der Waals surface area contributed by atoms with Crippen molar-refractivity contribution in [2.75, 3.05) is 7.11 Å². The SMILES string of the molecule is COc1cccc2c1ccn2CC(=O)c1ccc(Br)s1. The molecule has 0 unspecified atom stereocenters. The molecule has 0 spiro atoms. The van der Waals surface area contributed by atoms with Crippen molar-refractivity contribution in [3.8, 4) is 5.75 Å². The molecule has 20 heavy (non-hydrogen) atoms. The van der Waals surface area contributed by atoms with Crippen LogP contribution in [-0.4, -0.2) is 17.5 Å². The number of carbonyl (C=O) groups is 1. The first-order valence-electron chi connectivity index (χ1n) is 6.09. The van der Waals surface area contributed by atoms with Gasteiger partial charge in [-0.1, -0.05) is 6.07 Å². The fourth-order valence-corrected chi connectivity index (χ4v) is 3.52. The Morgan fingerprint density at radius 1 is 1.30 bits per heavy atom. The molecule has 0 radical (unpaired) electrons. The van der Waals surface area contributed by atoms with E-state index in [0.29, 0.717) is 6.54 Å². The van der Waals surface area contributed by atoms with E-state index in [4.69, 9.17) is 4.74 Å². The summed E-state index contributed by atoms with van der Waals surface area (Å²) in [7, 11) is 1.65. The fraction of sp³-hybridized carbons (Fsp3) is 0.133. The van der Waals surface area contributed by atoms with Crippen LogP contribution in [0.5, 0.6) is 5.75 Å². The summed E-state index contributed by atoms with van der Waals surface area (Å²) in [5.74, 6) is 0.939. The molecule has 0 aliphatic carbocycles. The van der Waals surface area contributed by atoms with Crippen LogP contribution in [0.2, 0.25) is 0 Å². The molecule has 0 aliphatic heterocycles. The summed E-state index contributed by atoms with van der Waals surface area (Å²) < 4.78 is 8.26. The highest BCUT2D eigenvalue weighted by Crippen LogP contribution is 2.27. The number of halogens is 1. The zero-order chi connectivity index (χ0) is 14.1. The second kappa shape index (κ2) is 5.42. The lowest BCUT2D eigenvalue weighted by Gasteiger charge is -2.05. The first-order valence-corrected chi connectivity index (χ1v) is 7.70. The van der Waals surface area contributed by atoms with Gasteiger partial charge in [0, 0.05) is 11.6 Å². The maximum absolute atomic E-state index is 12.3. The second-order valence-electron chi connectivity index (χ2n) is 4.36. The van der Waals surface area contributed by atoms with E-state index in [-0.39, 0.29) is 5.78 Å². The van der Waals surface area contributed by atoms with Crippen LogP contribution in [0.4, 0.5) is 0 Å². The molecule has 0 aliphatic rings. The molecule has 5 heteroatoms. The average Bonchev–Trinajstić information content (AvgIpc) is 3.05. The quantitative estimate of drug-likeness (QED) is 0.655. The van der Waals surface area contributed by atoms with E-state index >= 15 is 0 Å². The Morgan fingerprint density at radius 2 is 2.15 bits per heavy atom. The number of nitrogens with zero attached hydrogens (tertiary/aromatic N) is 1. The molecule has 3 rings (SSSR count). The lowest BCUT2D eigenvalue weighted by atomic mass is 10.2. The number of methoxy groups -OCH3 is 1. The number of hydrogen-bond acceptors (Lipinski definition) is 3. The number of ether oxygens (including phenoxy) is 1. The normalized spacial score (nSPS) is 10.9. The van der Waals surface area contributed by atoms with Gasteiger partial charge < -0.3 is 9.30 Å². The lowest BCUT2D eigenvalue weighted by molar-refractivity contribution is 0.0977. The number of ketones is 1. The number of Topliss-reactive ketones (excluding diaryl/α,β-unsaturated/α-hetero) is 1. The van der Waals surface area contributed by atoms with Gasteiger partial charge >= 0.3 is 0 Å². The molecule has 3 nitrogen and oxygen atoms in total. The van der Waals surface area contributed by atoms with Crippen molar-refractivity contribution in [2.45, 2.75) is 6.54 Å². The van der Waals surface area contributed by atoms with Crippen LogP contribution >= 0.6 is 27.3 Å². The first-order chi connectivity index (χ1) is 9.69. The van der Waals surface area contributed by atoms with Crippen LogP contribution in [-0.2, 0) is 6.54 Å². The van der Waals surface area contributed by atoms with Crippen molar-refractivity contribution < 1.29 is 9.53 Å². The molecule has 0 fully saturated rings. The maximum atomic E-state index is 12.3. The highest BCUT2D eigenvalue weighted by Gasteiger charge is 2.12. The molecule has 102 valence electrons. The Morgan fingerprint density at radius 3 is 2.85 bits per heavy atom. The largest absolute Gasteiger partial charge is 0.496 e. The van der Waals surface area contributed by atoms with Gasteiger partial charge in [-0.25, -0.2) is 0 Å². The number of hydrogen-bond donors (Lipinski definition) is 0. The topological polar surface area (TPSA) is 31.2 Å². The van der Waals surface area contributed by atoms with Gasteiger partial charge in [0.1, 0.15) is 5.75 Å². The number of benzene rings is 1. The molecule has 0 N–H and O–H groups in total. The van der Waals surface area contributed by atoms with Crippen molar-refractivity contribution in [3.63, 3.8) is 0 Å². The summed E-state index contributed by atoms with van der Waals surface area (Å²) in [6.07, 6.45) is 1.92. The van der Waals surface area contributed by atoms with Gasteiger partial charge in [0.25, 0.3) is 0 Å². The molecule has 2 heterocycles. The van der Waals surface area contributed by atoms with E-state index < -0.39 is 0 Å². The summed E-state index contributed by atoms with van der Waals surface area (Å²) in [5, 5.41) is 1.02. The molecule has 0 saturated carbocycles. The average molecular weight is 350 g/mol. The zero-order valence-electron chi connectivity index (χ0n) is 10.8. The fourth-order valence-electron chi connectivity index (χ4n) is 2.21. The van der Waals surface area contributed by atoms with Gasteiger partial charge in [0.2, 0.25) is 0 Å². The van der Waals surface area contributed by atoms with Gasteiger partial charge in [0.05, 0.1) is 27.8 Å². The highest BCUT2D eigenvalue weighted by atomic mass is 79.9. The van der Waals surface area contributed by atoms with Crippen LogP contribution in [0.25, 0.3) is 10.9 Å².